The zero-order valence-electron chi connectivity index (χ0n) is 17.0. The molecular formula is C22H39NO2. The Morgan fingerprint density at radius 1 is 1.04 bits per heavy atom. The van der Waals surface area contributed by atoms with Crippen molar-refractivity contribution in [3.05, 3.63) is 28.8 Å². The van der Waals surface area contributed by atoms with E-state index in [1.807, 2.05) is 0 Å². The molecule has 0 spiro atoms. The van der Waals surface area contributed by atoms with Crippen LogP contribution in [0.3, 0.4) is 0 Å². The number of aryl methyl sites for hydroxylation is 2. The van der Waals surface area contributed by atoms with Crippen LogP contribution in [0.2, 0.25) is 0 Å². The van der Waals surface area contributed by atoms with Crippen LogP contribution >= 0.6 is 0 Å². The first kappa shape index (κ1) is 22.0. The van der Waals surface area contributed by atoms with E-state index in [1.165, 1.54) is 55.2 Å². The van der Waals surface area contributed by atoms with E-state index in [9.17, 15) is 5.11 Å². The fraction of sp³-hybridized carbons (Fsp3) is 0.727. The standard InChI is InChI=1S/C22H39NO2/c1-6-7-8-9-10-11-12-21-19(5)13-18(4)14-22(21)25-16-20(24)15-23-17(2)3/h13-14,17,20,23-24H,6-12,15-16H2,1-5H3/t20-/m0/s1. The Morgan fingerprint density at radius 3 is 2.40 bits per heavy atom. The lowest BCUT2D eigenvalue weighted by Crippen LogP contribution is -2.35. The summed E-state index contributed by atoms with van der Waals surface area (Å²) in [6, 6.07) is 4.72. The maximum absolute atomic E-state index is 10.1. The Morgan fingerprint density at radius 2 is 1.72 bits per heavy atom. The zero-order chi connectivity index (χ0) is 18.7. The lowest BCUT2D eigenvalue weighted by Gasteiger charge is -2.18. The third-order valence-electron chi connectivity index (χ3n) is 4.55. The summed E-state index contributed by atoms with van der Waals surface area (Å²) < 4.78 is 6.00. The quantitative estimate of drug-likeness (QED) is 0.495. The van der Waals surface area contributed by atoms with Gasteiger partial charge in [-0.15, -0.1) is 0 Å². The summed E-state index contributed by atoms with van der Waals surface area (Å²) >= 11 is 0. The van der Waals surface area contributed by atoms with Crippen LogP contribution in [-0.2, 0) is 6.42 Å². The van der Waals surface area contributed by atoms with Crippen LogP contribution < -0.4 is 10.1 Å². The van der Waals surface area contributed by atoms with E-state index in [4.69, 9.17) is 4.74 Å². The molecule has 144 valence electrons. The van der Waals surface area contributed by atoms with Gasteiger partial charge in [0.15, 0.2) is 0 Å². The Balaban J connectivity index is 2.56. The summed E-state index contributed by atoms with van der Waals surface area (Å²) in [5.74, 6) is 0.953. The van der Waals surface area contributed by atoms with E-state index in [0.717, 1.165) is 12.2 Å². The van der Waals surface area contributed by atoms with E-state index in [0.29, 0.717) is 19.2 Å². The van der Waals surface area contributed by atoms with Gasteiger partial charge in [0.25, 0.3) is 0 Å². The normalized spacial score (nSPS) is 12.6. The zero-order valence-corrected chi connectivity index (χ0v) is 17.0. The van der Waals surface area contributed by atoms with Gasteiger partial charge in [0.1, 0.15) is 18.5 Å². The third-order valence-corrected chi connectivity index (χ3v) is 4.55. The molecule has 0 radical (unpaired) electrons. The molecule has 3 nitrogen and oxygen atoms in total. The first-order chi connectivity index (χ1) is 11.9. The molecule has 3 heteroatoms. The second-order valence-electron chi connectivity index (χ2n) is 7.60. The average Bonchev–Trinajstić information content (AvgIpc) is 2.55. The Kier molecular flexibility index (Phi) is 10.8. The van der Waals surface area contributed by atoms with Gasteiger partial charge in [-0.25, -0.2) is 0 Å². The van der Waals surface area contributed by atoms with Crippen LogP contribution in [0.4, 0.5) is 0 Å². The largest absolute Gasteiger partial charge is 0.491 e. The molecule has 2 N–H and O–H groups in total. The molecule has 0 saturated carbocycles. The summed E-state index contributed by atoms with van der Waals surface area (Å²) in [5, 5.41) is 13.3. The van der Waals surface area contributed by atoms with Gasteiger partial charge < -0.3 is 15.2 Å². The van der Waals surface area contributed by atoms with Crippen LogP contribution in [-0.4, -0.2) is 30.4 Å². The van der Waals surface area contributed by atoms with Crippen molar-refractivity contribution < 1.29 is 9.84 Å². The maximum atomic E-state index is 10.1. The highest BCUT2D eigenvalue weighted by molar-refractivity contribution is 5.43. The van der Waals surface area contributed by atoms with Crippen molar-refractivity contribution in [2.75, 3.05) is 13.2 Å². The molecule has 1 rings (SSSR count). The van der Waals surface area contributed by atoms with Crippen LogP contribution in [0, 0.1) is 13.8 Å². The van der Waals surface area contributed by atoms with Crippen molar-refractivity contribution in [3.63, 3.8) is 0 Å². The Hall–Kier alpha value is -1.06. The predicted molar refractivity (Wildman–Crippen MR) is 108 cm³/mol. The van der Waals surface area contributed by atoms with E-state index in [-0.39, 0.29) is 0 Å². The molecule has 0 saturated heterocycles. The third kappa shape index (κ3) is 9.27. The minimum Gasteiger partial charge on any atom is -0.491 e. The van der Waals surface area contributed by atoms with Crippen molar-refractivity contribution in [2.45, 2.75) is 91.7 Å². The number of benzene rings is 1. The topological polar surface area (TPSA) is 41.5 Å². The van der Waals surface area contributed by atoms with Crippen LogP contribution in [0.1, 0.15) is 76.0 Å². The van der Waals surface area contributed by atoms with E-state index in [2.05, 4.69) is 52.1 Å². The maximum Gasteiger partial charge on any atom is 0.123 e. The number of nitrogens with one attached hydrogen (secondary N) is 1. The molecule has 25 heavy (non-hydrogen) atoms. The molecule has 1 atom stereocenters. The van der Waals surface area contributed by atoms with Gasteiger partial charge in [0.2, 0.25) is 0 Å². The number of unbranched alkanes of at least 4 members (excludes halogenated alkanes) is 5. The minimum absolute atomic E-state index is 0.339. The fourth-order valence-corrected chi connectivity index (χ4v) is 3.11. The predicted octanol–water partition coefficient (Wildman–Crippen LogP) is 4.94. The van der Waals surface area contributed by atoms with Gasteiger partial charge in [-0.3, -0.25) is 0 Å². The summed E-state index contributed by atoms with van der Waals surface area (Å²) in [4.78, 5) is 0. The highest BCUT2D eigenvalue weighted by Crippen LogP contribution is 2.27. The molecular weight excluding hydrogens is 310 g/mol. The van der Waals surface area contributed by atoms with Crippen molar-refractivity contribution in [2.24, 2.45) is 0 Å². The number of aliphatic hydroxyl groups is 1. The lowest BCUT2D eigenvalue weighted by atomic mass is 9.98. The van der Waals surface area contributed by atoms with Crippen LogP contribution in [0.25, 0.3) is 0 Å². The van der Waals surface area contributed by atoms with Gasteiger partial charge in [-0.05, 0) is 49.4 Å². The summed E-state index contributed by atoms with van der Waals surface area (Å²) in [7, 11) is 0. The van der Waals surface area contributed by atoms with Crippen molar-refractivity contribution in [1.82, 2.24) is 5.32 Å². The van der Waals surface area contributed by atoms with Gasteiger partial charge in [-0.2, -0.15) is 0 Å². The van der Waals surface area contributed by atoms with Gasteiger partial charge in [-0.1, -0.05) is 58.9 Å². The molecule has 0 aliphatic heterocycles. The van der Waals surface area contributed by atoms with Crippen molar-refractivity contribution in [1.29, 1.82) is 0 Å². The number of hydrogen-bond acceptors (Lipinski definition) is 3. The molecule has 0 aliphatic carbocycles. The van der Waals surface area contributed by atoms with Crippen molar-refractivity contribution >= 4 is 0 Å². The molecule has 0 fully saturated rings. The molecule has 0 aliphatic rings. The average molecular weight is 350 g/mol. The molecule has 0 unspecified atom stereocenters. The first-order valence-corrected chi connectivity index (χ1v) is 10.1. The van der Waals surface area contributed by atoms with Gasteiger partial charge >= 0.3 is 0 Å². The van der Waals surface area contributed by atoms with Gasteiger partial charge in [0, 0.05) is 12.6 Å². The van der Waals surface area contributed by atoms with E-state index in [1.54, 1.807) is 0 Å². The SMILES string of the molecule is CCCCCCCCc1c(C)cc(C)cc1OC[C@@H](O)CNC(C)C. The van der Waals surface area contributed by atoms with Gasteiger partial charge in [0.05, 0.1) is 0 Å². The number of hydrogen-bond donors (Lipinski definition) is 2. The van der Waals surface area contributed by atoms with E-state index >= 15 is 0 Å². The van der Waals surface area contributed by atoms with Crippen molar-refractivity contribution in [3.8, 4) is 5.75 Å². The molecule has 0 heterocycles. The summed E-state index contributed by atoms with van der Waals surface area (Å²) in [6.07, 6.45) is 8.40. The minimum atomic E-state index is -0.481. The molecule has 0 amide bonds. The van der Waals surface area contributed by atoms with Crippen LogP contribution in [0.15, 0.2) is 12.1 Å². The number of rotatable bonds is 13. The monoisotopic (exact) mass is 349 g/mol. The second-order valence-corrected chi connectivity index (χ2v) is 7.60. The number of aliphatic hydroxyl groups excluding tert-OH is 1. The summed E-state index contributed by atoms with van der Waals surface area (Å²) in [6.45, 7) is 11.6. The highest BCUT2D eigenvalue weighted by Gasteiger charge is 2.11. The van der Waals surface area contributed by atoms with Crippen LogP contribution in [0.5, 0.6) is 5.75 Å². The number of ether oxygens (including phenoxy) is 1. The smallest absolute Gasteiger partial charge is 0.123 e. The first-order valence-electron chi connectivity index (χ1n) is 10.1. The molecule has 0 aromatic heterocycles. The fourth-order valence-electron chi connectivity index (χ4n) is 3.11. The highest BCUT2D eigenvalue weighted by atomic mass is 16.5. The second kappa shape index (κ2) is 12.3. The van der Waals surface area contributed by atoms with E-state index < -0.39 is 6.10 Å². The molecule has 0 bridgehead atoms. The molecule has 1 aromatic rings. The Bertz CT molecular complexity index is 485. The Labute approximate surface area is 155 Å². The molecule has 1 aromatic carbocycles. The summed E-state index contributed by atoms with van der Waals surface area (Å²) in [5.41, 5.74) is 3.83. The lowest BCUT2D eigenvalue weighted by molar-refractivity contribution is 0.104.